The van der Waals surface area contributed by atoms with E-state index in [0.717, 1.165) is 19.0 Å². The predicted octanol–water partition coefficient (Wildman–Crippen LogP) is 0.321. The van der Waals surface area contributed by atoms with Crippen molar-refractivity contribution in [1.82, 2.24) is 5.32 Å². The second kappa shape index (κ2) is 3.44. The molecule has 0 aromatic rings. The van der Waals surface area contributed by atoms with Gasteiger partial charge < -0.3 is 11.1 Å². The summed E-state index contributed by atoms with van der Waals surface area (Å²) in [7, 11) is 0. The maximum atomic E-state index is 5.50. The highest BCUT2D eigenvalue weighted by Gasteiger charge is 2.20. The fraction of sp³-hybridized carbons (Fsp3) is 0.857. The third-order valence-corrected chi connectivity index (χ3v) is 1.57. The summed E-state index contributed by atoms with van der Waals surface area (Å²) in [5.74, 6) is 1.42. The van der Waals surface area contributed by atoms with Gasteiger partial charge in [0.1, 0.15) is 0 Å². The Morgan fingerprint density at radius 3 is 2.90 bits per heavy atom. The summed E-state index contributed by atoms with van der Waals surface area (Å²) in [5.41, 5.74) is 5.50. The summed E-state index contributed by atoms with van der Waals surface area (Å²) >= 11 is 0. The molecule has 0 bridgehead atoms. The molecule has 1 fully saturated rings. The summed E-state index contributed by atoms with van der Waals surface area (Å²) in [6, 6.07) is 0. The van der Waals surface area contributed by atoms with Gasteiger partial charge in [-0.15, -0.1) is 0 Å². The number of hydrogen-bond acceptors (Lipinski definition) is 1. The Labute approximate surface area is 61.7 Å². The molecule has 0 aromatic carbocycles. The summed E-state index contributed by atoms with van der Waals surface area (Å²) in [6.45, 7) is 3.79. The minimum absolute atomic E-state index is 0.592. The van der Waals surface area contributed by atoms with Crippen LogP contribution in [0.2, 0.25) is 0 Å². The van der Waals surface area contributed by atoms with Crippen molar-refractivity contribution in [2.75, 3.05) is 13.1 Å². The Balaban J connectivity index is 2.09. The van der Waals surface area contributed by atoms with E-state index in [1.807, 2.05) is 6.92 Å². The van der Waals surface area contributed by atoms with E-state index in [1.165, 1.54) is 12.8 Å². The first-order valence-electron chi connectivity index (χ1n) is 3.86. The number of aliphatic imine (C=N–C) groups is 1. The highest BCUT2D eigenvalue weighted by molar-refractivity contribution is 5.77. The van der Waals surface area contributed by atoms with Crippen LogP contribution in [-0.4, -0.2) is 19.0 Å². The van der Waals surface area contributed by atoms with Crippen LogP contribution in [-0.2, 0) is 0 Å². The lowest BCUT2D eigenvalue weighted by Crippen LogP contribution is -2.31. The van der Waals surface area contributed by atoms with Crippen LogP contribution in [0.4, 0.5) is 0 Å². The fourth-order valence-electron chi connectivity index (χ4n) is 0.765. The Morgan fingerprint density at radius 2 is 2.40 bits per heavy atom. The first-order chi connectivity index (χ1) is 4.83. The number of hydrogen-bond donors (Lipinski definition) is 2. The minimum atomic E-state index is 0.592. The average Bonchev–Trinajstić information content (AvgIpc) is 2.67. The molecule has 1 rings (SSSR count). The SMILES string of the molecule is CCNC(N)=NCC1CC1. The number of guanidine groups is 1. The van der Waals surface area contributed by atoms with Crippen LogP contribution >= 0.6 is 0 Å². The Hall–Kier alpha value is -0.730. The second-order valence-corrected chi connectivity index (χ2v) is 2.70. The lowest BCUT2D eigenvalue weighted by atomic mass is 10.4. The van der Waals surface area contributed by atoms with Crippen molar-refractivity contribution in [2.45, 2.75) is 19.8 Å². The monoisotopic (exact) mass is 141 g/mol. The van der Waals surface area contributed by atoms with Gasteiger partial charge >= 0.3 is 0 Å². The Bertz CT molecular complexity index is 127. The molecule has 0 spiro atoms. The molecular formula is C7H15N3. The zero-order valence-corrected chi connectivity index (χ0v) is 6.43. The molecule has 10 heavy (non-hydrogen) atoms. The molecule has 3 heteroatoms. The average molecular weight is 141 g/mol. The minimum Gasteiger partial charge on any atom is -0.370 e. The number of nitrogens with two attached hydrogens (primary N) is 1. The quantitative estimate of drug-likeness (QED) is 0.439. The van der Waals surface area contributed by atoms with E-state index >= 15 is 0 Å². The van der Waals surface area contributed by atoms with E-state index in [-0.39, 0.29) is 0 Å². The van der Waals surface area contributed by atoms with Gasteiger partial charge in [-0.2, -0.15) is 0 Å². The molecule has 0 saturated heterocycles. The van der Waals surface area contributed by atoms with Gasteiger partial charge in [-0.25, -0.2) is 0 Å². The zero-order valence-electron chi connectivity index (χ0n) is 6.43. The largest absolute Gasteiger partial charge is 0.370 e. The number of rotatable bonds is 3. The number of nitrogens with zero attached hydrogens (tertiary/aromatic N) is 1. The molecule has 0 unspecified atom stereocenters. The van der Waals surface area contributed by atoms with Crippen LogP contribution in [0.3, 0.4) is 0 Å². The van der Waals surface area contributed by atoms with Gasteiger partial charge in [0, 0.05) is 13.1 Å². The van der Waals surface area contributed by atoms with Crippen LogP contribution in [0, 0.1) is 5.92 Å². The number of nitrogens with one attached hydrogen (secondary N) is 1. The molecule has 3 N–H and O–H groups in total. The van der Waals surface area contributed by atoms with Crippen molar-refractivity contribution >= 4 is 5.96 Å². The van der Waals surface area contributed by atoms with Crippen LogP contribution in [0.15, 0.2) is 4.99 Å². The van der Waals surface area contributed by atoms with E-state index in [0.29, 0.717) is 5.96 Å². The van der Waals surface area contributed by atoms with Gasteiger partial charge in [0.2, 0.25) is 0 Å². The maximum Gasteiger partial charge on any atom is 0.188 e. The van der Waals surface area contributed by atoms with Crippen molar-refractivity contribution in [2.24, 2.45) is 16.6 Å². The Kier molecular flexibility index (Phi) is 2.54. The highest BCUT2D eigenvalue weighted by Crippen LogP contribution is 2.28. The molecular weight excluding hydrogens is 126 g/mol. The van der Waals surface area contributed by atoms with Crippen LogP contribution in [0.25, 0.3) is 0 Å². The summed E-state index contributed by atoms with van der Waals surface area (Å²) in [4.78, 5) is 4.16. The molecule has 1 aliphatic carbocycles. The lowest BCUT2D eigenvalue weighted by Gasteiger charge is -1.99. The molecule has 0 aliphatic heterocycles. The first kappa shape index (κ1) is 7.38. The molecule has 0 aromatic heterocycles. The van der Waals surface area contributed by atoms with Gasteiger partial charge in [0.05, 0.1) is 0 Å². The smallest absolute Gasteiger partial charge is 0.188 e. The van der Waals surface area contributed by atoms with Crippen LogP contribution in [0.5, 0.6) is 0 Å². The van der Waals surface area contributed by atoms with Crippen molar-refractivity contribution in [1.29, 1.82) is 0 Å². The van der Waals surface area contributed by atoms with Crippen molar-refractivity contribution < 1.29 is 0 Å². The zero-order chi connectivity index (χ0) is 7.40. The van der Waals surface area contributed by atoms with E-state index in [4.69, 9.17) is 5.73 Å². The highest BCUT2D eigenvalue weighted by atomic mass is 15.1. The molecule has 1 saturated carbocycles. The lowest BCUT2D eigenvalue weighted by molar-refractivity contribution is 0.829. The molecule has 3 nitrogen and oxygen atoms in total. The van der Waals surface area contributed by atoms with Gasteiger partial charge in [-0.3, -0.25) is 4.99 Å². The summed E-state index contributed by atoms with van der Waals surface area (Å²) < 4.78 is 0. The summed E-state index contributed by atoms with van der Waals surface area (Å²) in [5, 5.41) is 2.96. The molecule has 0 amide bonds. The Morgan fingerprint density at radius 1 is 1.70 bits per heavy atom. The molecule has 0 radical (unpaired) electrons. The maximum absolute atomic E-state index is 5.50. The van der Waals surface area contributed by atoms with Crippen molar-refractivity contribution in [3.05, 3.63) is 0 Å². The second-order valence-electron chi connectivity index (χ2n) is 2.70. The van der Waals surface area contributed by atoms with Crippen LogP contribution < -0.4 is 11.1 Å². The van der Waals surface area contributed by atoms with E-state index < -0.39 is 0 Å². The van der Waals surface area contributed by atoms with Gasteiger partial charge in [0.15, 0.2) is 5.96 Å². The van der Waals surface area contributed by atoms with E-state index in [2.05, 4.69) is 10.3 Å². The summed E-state index contributed by atoms with van der Waals surface area (Å²) in [6.07, 6.45) is 2.67. The third-order valence-electron chi connectivity index (χ3n) is 1.57. The molecule has 1 aliphatic rings. The molecule has 0 heterocycles. The van der Waals surface area contributed by atoms with Crippen LogP contribution in [0.1, 0.15) is 19.8 Å². The standard InChI is InChI=1S/C7H15N3/c1-2-9-7(8)10-5-6-3-4-6/h6H,2-5H2,1H3,(H3,8,9,10). The first-order valence-corrected chi connectivity index (χ1v) is 3.86. The third kappa shape index (κ3) is 2.71. The van der Waals surface area contributed by atoms with Gasteiger partial charge in [-0.05, 0) is 25.7 Å². The van der Waals surface area contributed by atoms with E-state index in [1.54, 1.807) is 0 Å². The molecule has 0 atom stereocenters. The van der Waals surface area contributed by atoms with Gasteiger partial charge in [-0.1, -0.05) is 0 Å². The topological polar surface area (TPSA) is 50.4 Å². The predicted molar refractivity (Wildman–Crippen MR) is 42.9 cm³/mol. The fourth-order valence-corrected chi connectivity index (χ4v) is 0.765. The van der Waals surface area contributed by atoms with Crippen molar-refractivity contribution in [3.8, 4) is 0 Å². The molecule has 58 valence electrons. The normalized spacial score (nSPS) is 19.1. The van der Waals surface area contributed by atoms with Crippen molar-refractivity contribution in [3.63, 3.8) is 0 Å². The van der Waals surface area contributed by atoms with Gasteiger partial charge in [0.25, 0.3) is 0 Å². The van der Waals surface area contributed by atoms with E-state index in [9.17, 15) is 0 Å².